The van der Waals surface area contributed by atoms with E-state index in [0.717, 1.165) is 4.73 Å². The summed E-state index contributed by atoms with van der Waals surface area (Å²) in [7, 11) is 0. The van der Waals surface area contributed by atoms with Crippen LogP contribution in [0.3, 0.4) is 0 Å². The van der Waals surface area contributed by atoms with Gasteiger partial charge in [0.25, 0.3) is 0 Å². The molecular formula is C10H13IN2O3. The second kappa shape index (κ2) is 4.86. The molecule has 0 spiro atoms. The standard InChI is InChI=1S/C10H13IN2O3/c1-10(2,3)16-9(14)12-8-4-5-13(15)6-7(8)11/h4-6,15H,1-3H3. The lowest BCUT2D eigenvalue weighted by molar-refractivity contribution is 0.0597. The first-order valence-electron chi connectivity index (χ1n) is 4.63. The van der Waals surface area contributed by atoms with Gasteiger partial charge in [-0.1, -0.05) is 0 Å². The summed E-state index contributed by atoms with van der Waals surface area (Å²) in [6.45, 7) is 5.33. The molecule has 0 aliphatic rings. The van der Waals surface area contributed by atoms with Crippen molar-refractivity contribution in [3.8, 4) is 0 Å². The van der Waals surface area contributed by atoms with E-state index in [4.69, 9.17) is 9.94 Å². The highest BCUT2D eigenvalue weighted by Crippen LogP contribution is 2.07. The van der Waals surface area contributed by atoms with Crippen molar-refractivity contribution in [3.05, 3.63) is 27.4 Å². The maximum absolute atomic E-state index is 11.4. The number of carbonyl (C=O) groups is 1. The van der Waals surface area contributed by atoms with Gasteiger partial charge >= 0.3 is 6.09 Å². The van der Waals surface area contributed by atoms with Gasteiger partial charge in [0.15, 0.2) is 0 Å². The summed E-state index contributed by atoms with van der Waals surface area (Å²) in [5.74, 6) is 0. The molecular weight excluding hydrogens is 323 g/mol. The van der Waals surface area contributed by atoms with Crippen molar-refractivity contribution in [2.24, 2.45) is 4.99 Å². The van der Waals surface area contributed by atoms with Crippen molar-refractivity contribution in [2.75, 3.05) is 0 Å². The highest BCUT2D eigenvalue weighted by molar-refractivity contribution is 14.1. The van der Waals surface area contributed by atoms with Gasteiger partial charge in [-0.25, -0.2) is 9.52 Å². The average Bonchev–Trinajstić information content (AvgIpc) is 2.06. The van der Waals surface area contributed by atoms with Crippen LogP contribution in [0.2, 0.25) is 0 Å². The second-order valence-corrected chi connectivity index (χ2v) is 5.31. The molecule has 1 heterocycles. The van der Waals surface area contributed by atoms with E-state index >= 15 is 0 Å². The van der Waals surface area contributed by atoms with E-state index in [-0.39, 0.29) is 0 Å². The Kier molecular flexibility index (Phi) is 3.95. The predicted molar refractivity (Wildman–Crippen MR) is 66.1 cm³/mol. The molecule has 5 nitrogen and oxygen atoms in total. The number of pyridine rings is 1. The van der Waals surface area contributed by atoms with Crippen LogP contribution in [-0.2, 0) is 4.74 Å². The summed E-state index contributed by atoms with van der Waals surface area (Å²) in [5.41, 5.74) is -0.558. The molecule has 1 N–H and O–H groups in total. The number of nitrogens with zero attached hydrogens (tertiary/aromatic N) is 2. The first-order chi connectivity index (χ1) is 7.28. The minimum atomic E-state index is -0.638. The number of ether oxygens (including phenoxy) is 1. The third-order valence-electron chi connectivity index (χ3n) is 1.48. The molecule has 16 heavy (non-hydrogen) atoms. The Balaban J connectivity index is 2.96. The first kappa shape index (κ1) is 13.0. The third-order valence-corrected chi connectivity index (χ3v) is 2.31. The van der Waals surface area contributed by atoms with Gasteiger partial charge in [-0.05, 0) is 49.4 Å². The zero-order valence-corrected chi connectivity index (χ0v) is 11.4. The van der Waals surface area contributed by atoms with Gasteiger partial charge in [0.05, 0.1) is 15.1 Å². The van der Waals surface area contributed by atoms with Crippen LogP contribution >= 0.6 is 22.6 Å². The highest BCUT2D eigenvalue weighted by atomic mass is 127. The zero-order chi connectivity index (χ0) is 12.3. The van der Waals surface area contributed by atoms with E-state index in [1.54, 1.807) is 20.8 Å². The smallest absolute Gasteiger partial charge is 0.434 e. The van der Waals surface area contributed by atoms with Crippen molar-refractivity contribution in [3.63, 3.8) is 0 Å². The minimum Gasteiger partial charge on any atom is -0.442 e. The van der Waals surface area contributed by atoms with Gasteiger partial charge in [0.1, 0.15) is 5.60 Å². The molecule has 0 unspecified atom stereocenters. The molecule has 0 aromatic carbocycles. The van der Waals surface area contributed by atoms with Gasteiger partial charge in [-0.15, -0.1) is 0 Å². The topological polar surface area (TPSA) is 63.8 Å². The van der Waals surface area contributed by atoms with Crippen molar-refractivity contribution in [2.45, 2.75) is 26.4 Å². The summed E-state index contributed by atoms with van der Waals surface area (Å²) in [5, 5.41) is 9.58. The van der Waals surface area contributed by atoms with Crippen LogP contribution in [0.15, 0.2) is 23.5 Å². The lowest BCUT2D eigenvalue weighted by Crippen LogP contribution is -2.23. The fraction of sp³-hybridized carbons (Fsp3) is 0.400. The lowest BCUT2D eigenvalue weighted by atomic mass is 10.2. The summed E-state index contributed by atoms with van der Waals surface area (Å²) >= 11 is 1.97. The molecule has 88 valence electrons. The van der Waals surface area contributed by atoms with E-state index in [1.807, 2.05) is 22.6 Å². The van der Waals surface area contributed by atoms with Crippen molar-refractivity contribution < 1.29 is 14.7 Å². The van der Waals surface area contributed by atoms with E-state index in [0.29, 0.717) is 8.93 Å². The van der Waals surface area contributed by atoms with Gasteiger partial charge < -0.3 is 9.94 Å². The van der Waals surface area contributed by atoms with Crippen LogP contribution in [-0.4, -0.2) is 21.6 Å². The van der Waals surface area contributed by atoms with Crippen molar-refractivity contribution in [1.82, 2.24) is 4.73 Å². The van der Waals surface area contributed by atoms with Crippen LogP contribution in [0, 0.1) is 3.57 Å². The second-order valence-electron chi connectivity index (χ2n) is 4.15. The number of carbonyl (C=O) groups excluding carboxylic acids is 1. The van der Waals surface area contributed by atoms with Crippen LogP contribution in [0.5, 0.6) is 0 Å². The van der Waals surface area contributed by atoms with Crippen molar-refractivity contribution >= 4 is 28.7 Å². The van der Waals surface area contributed by atoms with Crippen molar-refractivity contribution in [1.29, 1.82) is 0 Å². The molecule has 1 amide bonds. The van der Waals surface area contributed by atoms with Gasteiger partial charge in [-0.2, -0.15) is 4.99 Å². The van der Waals surface area contributed by atoms with Crippen LogP contribution in [0.25, 0.3) is 0 Å². The maximum Gasteiger partial charge on any atom is 0.434 e. The Labute approximate surface area is 107 Å². The predicted octanol–water partition coefficient (Wildman–Crippen LogP) is 2.17. The fourth-order valence-corrected chi connectivity index (χ4v) is 1.51. The number of aromatic nitrogens is 1. The average molecular weight is 336 g/mol. The molecule has 0 aliphatic carbocycles. The Morgan fingerprint density at radius 3 is 2.69 bits per heavy atom. The summed E-state index contributed by atoms with van der Waals surface area (Å²) in [4.78, 5) is 15.2. The number of hydrogen-bond donors (Lipinski definition) is 1. The van der Waals surface area contributed by atoms with Gasteiger partial charge in [0, 0.05) is 6.20 Å². The van der Waals surface area contributed by atoms with E-state index in [9.17, 15) is 4.79 Å². The number of hydrogen-bond acceptors (Lipinski definition) is 3. The van der Waals surface area contributed by atoms with Gasteiger partial charge in [0.2, 0.25) is 0 Å². The first-order valence-corrected chi connectivity index (χ1v) is 5.70. The van der Waals surface area contributed by atoms with Crippen LogP contribution in [0.1, 0.15) is 20.8 Å². The Morgan fingerprint density at radius 2 is 2.19 bits per heavy atom. The molecule has 1 aromatic heterocycles. The molecule has 0 aliphatic heterocycles. The molecule has 1 rings (SSSR count). The maximum atomic E-state index is 11.4. The largest absolute Gasteiger partial charge is 0.442 e. The number of rotatable bonds is 0. The Bertz CT molecular complexity index is 460. The summed E-state index contributed by atoms with van der Waals surface area (Å²) in [6.07, 6.45) is 2.20. The quantitative estimate of drug-likeness (QED) is 0.583. The van der Waals surface area contributed by atoms with E-state index in [1.165, 1.54) is 18.5 Å². The molecule has 0 saturated carbocycles. The van der Waals surface area contributed by atoms with Gasteiger partial charge in [-0.3, -0.25) is 0 Å². The third kappa shape index (κ3) is 4.21. The number of halogens is 1. The van der Waals surface area contributed by atoms with Crippen LogP contribution in [0.4, 0.5) is 4.79 Å². The molecule has 0 saturated heterocycles. The van der Waals surface area contributed by atoms with E-state index < -0.39 is 11.7 Å². The van der Waals surface area contributed by atoms with E-state index in [2.05, 4.69) is 4.99 Å². The Morgan fingerprint density at radius 1 is 1.56 bits per heavy atom. The highest BCUT2D eigenvalue weighted by Gasteiger charge is 2.15. The zero-order valence-electron chi connectivity index (χ0n) is 9.27. The molecule has 0 radical (unpaired) electrons. The molecule has 0 fully saturated rings. The summed E-state index contributed by atoms with van der Waals surface area (Å²) < 4.78 is 6.61. The van der Waals surface area contributed by atoms with Crippen LogP contribution < -0.4 is 5.36 Å². The SMILES string of the molecule is CC(C)(C)OC(=O)N=c1ccn(O)cc1I. The number of amides is 1. The summed E-state index contributed by atoms with van der Waals surface area (Å²) in [6, 6.07) is 1.53. The molecule has 0 atom stereocenters. The normalized spacial score (nSPS) is 12.6. The lowest BCUT2D eigenvalue weighted by Gasteiger charge is -2.17. The molecule has 6 heteroatoms. The fourth-order valence-electron chi connectivity index (χ4n) is 0.926. The molecule has 1 aromatic rings. The minimum absolute atomic E-state index is 0.472. The molecule has 0 bridgehead atoms. The Hall–Kier alpha value is -1.05. The monoisotopic (exact) mass is 336 g/mol.